The maximum Gasteiger partial charge on any atom is 0.169 e. The minimum Gasteiger partial charge on any atom is -0.504 e. The summed E-state index contributed by atoms with van der Waals surface area (Å²) in [5.74, 6) is 1.78. The van der Waals surface area contributed by atoms with Gasteiger partial charge in [0.05, 0.1) is 24.1 Å². The minimum atomic E-state index is -0.120. The van der Waals surface area contributed by atoms with Crippen LogP contribution < -0.4 is 4.74 Å². The van der Waals surface area contributed by atoms with Crippen LogP contribution in [0.1, 0.15) is 17.5 Å². The molecule has 2 fully saturated rings. The number of methoxy groups -OCH3 is 1. The maximum atomic E-state index is 10.3. The van der Waals surface area contributed by atoms with Crippen molar-refractivity contribution in [3.05, 3.63) is 46.7 Å². The highest BCUT2D eigenvalue weighted by Crippen LogP contribution is 2.79. The molecule has 2 aliphatic heterocycles. The molecule has 21 heavy (non-hydrogen) atoms. The lowest BCUT2D eigenvalue weighted by molar-refractivity contribution is 0.111. The highest BCUT2D eigenvalue weighted by Gasteiger charge is 2.83. The van der Waals surface area contributed by atoms with Crippen molar-refractivity contribution < 1.29 is 14.6 Å². The number of hydrogen-bond acceptors (Lipinski definition) is 4. The van der Waals surface area contributed by atoms with Gasteiger partial charge in [-0.15, -0.1) is 0 Å². The fourth-order valence-corrected chi connectivity index (χ4v) is 5.66. The summed E-state index contributed by atoms with van der Waals surface area (Å²) in [6.07, 6.45) is 5.18. The molecule has 5 unspecified atom stereocenters. The van der Waals surface area contributed by atoms with Crippen molar-refractivity contribution in [2.45, 2.75) is 29.5 Å². The number of likely N-dealkylation sites (tertiary alicyclic amines) is 1. The standard InChI is InChI=1S/C17H15NO3/c1-18-14-9-4-6-11(20-2)15-16(9)7-17(14,18)8-3-5-10(19)13(21-15)12(8)16/h3-6,14-15,19H,7H2,1-2H3. The Morgan fingerprint density at radius 1 is 1.38 bits per heavy atom. The third-order valence-electron chi connectivity index (χ3n) is 6.41. The number of ether oxygens (including phenoxy) is 2. The van der Waals surface area contributed by atoms with E-state index in [0.717, 1.165) is 12.2 Å². The van der Waals surface area contributed by atoms with E-state index < -0.39 is 0 Å². The molecule has 1 N–H and O–H groups in total. The Morgan fingerprint density at radius 2 is 2.24 bits per heavy atom. The number of fused-ring (bicyclic) bond motifs is 1. The molecule has 0 aromatic heterocycles. The molecule has 4 nitrogen and oxygen atoms in total. The number of piperidine rings is 1. The van der Waals surface area contributed by atoms with Gasteiger partial charge in [0.25, 0.3) is 0 Å². The number of phenolic OH excluding ortho intramolecular Hbond substituents is 1. The van der Waals surface area contributed by atoms with Crippen LogP contribution in [-0.4, -0.2) is 36.3 Å². The number of rotatable bonds is 1. The third-order valence-corrected chi connectivity index (χ3v) is 6.41. The van der Waals surface area contributed by atoms with E-state index in [1.807, 2.05) is 6.08 Å². The molecule has 6 rings (SSSR count). The first-order valence-corrected chi connectivity index (χ1v) is 7.39. The molecule has 0 amide bonds. The lowest BCUT2D eigenvalue weighted by Crippen LogP contribution is -2.42. The van der Waals surface area contributed by atoms with E-state index >= 15 is 0 Å². The van der Waals surface area contributed by atoms with Crippen LogP contribution in [0.15, 0.2) is 35.6 Å². The van der Waals surface area contributed by atoms with Crippen molar-refractivity contribution in [2.75, 3.05) is 14.2 Å². The van der Waals surface area contributed by atoms with Crippen molar-refractivity contribution in [1.82, 2.24) is 4.90 Å². The number of nitrogens with zero attached hydrogens (tertiary/aromatic N) is 1. The Morgan fingerprint density at radius 3 is 3.05 bits per heavy atom. The van der Waals surface area contributed by atoms with Crippen LogP contribution in [0.5, 0.6) is 11.5 Å². The fraction of sp³-hybridized carbons (Fsp3) is 0.412. The lowest BCUT2D eigenvalue weighted by atomic mass is 9.69. The lowest BCUT2D eigenvalue weighted by Gasteiger charge is -2.35. The Hall–Kier alpha value is -1.94. The molecule has 5 aliphatic rings. The first kappa shape index (κ1) is 10.7. The molecule has 1 aromatic rings. The van der Waals surface area contributed by atoms with Gasteiger partial charge in [-0.3, -0.25) is 4.90 Å². The molecule has 106 valence electrons. The van der Waals surface area contributed by atoms with Crippen molar-refractivity contribution in [2.24, 2.45) is 0 Å². The van der Waals surface area contributed by atoms with E-state index in [-0.39, 0.29) is 22.8 Å². The van der Waals surface area contributed by atoms with Crippen molar-refractivity contribution in [1.29, 1.82) is 0 Å². The summed E-state index contributed by atoms with van der Waals surface area (Å²) in [5.41, 5.74) is 4.01. The second kappa shape index (κ2) is 2.71. The predicted octanol–water partition coefficient (Wildman–Crippen LogP) is 1.79. The number of allylic oxidation sites excluding steroid dienone is 2. The molecule has 2 spiro atoms. The van der Waals surface area contributed by atoms with Crippen LogP contribution in [0, 0.1) is 0 Å². The summed E-state index contributed by atoms with van der Waals surface area (Å²) >= 11 is 0. The first-order valence-electron chi connectivity index (χ1n) is 7.39. The quantitative estimate of drug-likeness (QED) is 0.797. The number of likely N-dealkylation sites (N-methyl/N-ethyl adjacent to an activating group) is 1. The van der Waals surface area contributed by atoms with Gasteiger partial charge in [-0.25, -0.2) is 0 Å². The van der Waals surface area contributed by atoms with Crippen molar-refractivity contribution >= 4 is 0 Å². The average Bonchev–Trinajstić information content (AvgIpc) is 2.83. The van der Waals surface area contributed by atoms with E-state index in [1.165, 1.54) is 16.7 Å². The second-order valence-electron chi connectivity index (χ2n) is 6.82. The molecule has 1 saturated heterocycles. The molecule has 0 radical (unpaired) electrons. The van der Waals surface area contributed by atoms with Crippen LogP contribution in [0.25, 0.3) is 0 Å². The highest BCUT2D eigenvalue weighted by atomic mass is 16.5. The molecular weight excluding hydrogens is 266 g/mol. The number of phenols is 1. The van der Waals surface area contributed by atoms with E-state index in [1.54, 1.807) is 13.2 Å². The van der Waals surface area contributed by atoms with Crippen LogP contribution in [0.2, 0.25) is 0 Å². The van der Waals surface area contributed by atoms with Crippen LogP contribution in [0.3, 0.4) is 0 Å². The average molecular weight is 281 g/mol. The van der Waals surface area contributed by atoms with E-state index in [2.05, 4.69) is 24.1 Å². The summed E-state index contributed by atoms with van der Waals surface area (Å²) in [4.78, 5) is 2.46. The van der Waals surface area contributed by atoms with Gasteiger partial charge >= 0.3 is 0 Å². The Balaban J connectivity index is 1.76. The van der Waals surface area contributed by atoms with Gasteiger partial charge in [-0.2, -0.15) is 0 Å². The number of benzene rings is 1. The van der Waals surface area contributed by atoms with Crippen LogP contribution >= 0.6 is 0 Å². The molecule has 4 heteroatoms. The van der Waals surface area contributed by atoms with Gasteiger partial charge < -0.3 is 14.6 Å². The maximum absolute atomic E-state index is 10.3. The smallest absolute Gasteiger partial charge is 0.169 e. The SMILES string of the molecule is COC1=CC=C2C3N(C)C34CC23c2c4ccc(O)c2OC13. The molecule has 2 bridgehead atoms. The zero-order valence-corrected chi connectivity index (χ0v) is 11.9. The molecule has 5 atom stereocenters. The Labute approximate surface area is 122 Å². The summed E-state index contributed by atoms with van der Waals surface area (Å²) in [5, 5.41) is 10.3. The highest BCUT2D eigenvalue weighted by molar-refractivity contribution is 5.76. The normalized spacial score (nSPS) is 45.5. The zero-order chi connectivity index (χ0) is 14.1. The van der Waals surface area contributed by atoms with E-state index in [0.29, 0.717) is 11.8 Å². The van der Waals surface area contributed by atoms with Crippen LogP contribution in [0.4, 0.5) is 0 Å². The number of aromatic hydroxyl groups is 1. The van der Waals surface area contributed by atoms with Gasteiger partial charge in [0.15, 0.2) is 17.6 Å². The van der Waals surface area contributed by atoms with Crippen molar-refractivity contribution in [3.63, 3.8) is 0 Å². The van der Waals surface area contributed by atoms with Gasteiger partial charge in [-0.1, -0.05) is 12.1 Å². The van der Waals surface area contributed by atoms with Gasteiger partial charge in [0.1, 0.15) is 5.76 Å². The molecule has 1 saturated carbocycles. The zero-order valence-electron chi connectivity index (χ0n) is 11.9. The van der Waals surface area contributed by atoms with Gasteiger partial charge in [-0.05, 0) is 36.7 Å². The summed E-state index contributed by atoms with van der Waals surface area (Å²) < 4.78 is 11.7. The predicted molar refractivity (Wildman–Crippen MR) is 75.2 cm³/mol. The van der Waals surface area contributed by atoms with Gasteiger partial charge in [0.2, 0.25) is 0 Å². The molecule has 1 aromatic carbocycles. The van der Waals surface area contributed by atoms with E-state index in [4.69, 9.17) is 9.47 Å². The Bertz CT molecular complexity index is 810. The van der Waals surface area contributed by atoms with Crippen molar-refractivity contribution in [3.8, 4) is 11.5 Å². The summed E-state index contributed by atoms with van der Waals surface area (Å²) in [7, 11) is 3.89. The second-order valence-corrected chi connectivity index (χ2v) is 6.82. The molecular formula is C17H15NO3. The summed E-state index contributed by atoms with van der Waals surface area (Å²) in [6.45, 7) is 0. The number of hydrogen-bond donors (Lipinski definition) is 1. The largest absolute Gasteiger partial charge is 0.504 e. The third kappa shape index (κ3) is 0.764. The first-order chi connectivity index (χ1) is 10.2. The minimum absolute atomic E-state index is 0.110. The molecule has 2 heterocycles. The molecule has 3 aliphatic carbocycles. The van der Waals surface area contributed by atoms with E-state index in [9.17, 15) is 5.11 Å². The van der Waals surface area contributed by atoms with Crippen LogP contribution in [-0.2, 0) is 15.7 Å². The van der Waals surface area contributed by atoms with Gasteiger partial charge in [0, 0.05) is 5.56 Å². The monoisotopic (exact) mass is 281 g/mol. The summed E-state index contributed by atoms with van der Waals surface area (Å²) in [6, 6.07) is 4.36. The topological polar surface area (TPSA) is 41.7 Å². The fourth-order valence-electron chi connectivity index (χ4n) is 5.66. The Kier molecular flexibility index (Phi) is 1.38.